The fourth-order valence-electron chi connectivity index (χ4n) is 6.32. The van der Waals surface area contributed by atoms with Crippen LogP contribution in [0.25, 0.3) is 17.0 Å². The number of fused-ring (bicyclic) bond motifs is 1. The highest BCUT2D eigenvalue weighted by Crippen LogP contribution is 2.36. The van der Waals surface area contributed by atoms with Crippen molar-refractivity contribution in [2.24, 2.45) is 5.41 Å². The molecule has 10 heteroatoms. The number of aromatic nitrogens is 4. The van der Waals surface area contributed by atoms with Gasteiger partial charge < -0.3 is 14.9 Å². The summed E-state index contributed by atoms with van der Waals surface area (Å²) in [6.45, 7) is 9.48. The van der Waals surface area contributed by atoms with Gasteiger partial charge in [-0.25, -0.2) is 18.9 Å². The maximum atomic E-state index is 14.0. The molecule has 41 heavy (non-hydrogen) atoms. The van der Waals surface area contributed by atoms with Crippen LogP contribution in [0.5, 0.6) is 0 Å². The third-order valence-corrected chi connectivity index (χ3v) is 8.18. The van der Waals surface area contributed by atoms with E-state index in [0.717, 1.165) is 53.6 Å². The summed E-state index contributed by atoms with van der Waals surface area (Å²) in [5.74, 6) is 0.670. The van der Waals surface area contributed by atoms with Crippen molar-refractivity contribution in [3.05, 3.63) is 72.2 Å². The van der Waals surface area contributed by atoms with Crippen molar-refractivity contribution < 1.29 is 14.3 Å². The van der Waals surface area contributed by atoms with Gasteiger partial charge in [-0.3, -0.25) is 9.69 Å². The number of hydrogen-bond acceptors (Lipinski definition) is 7. The molecular formula is C31H36FN7O2. The van der Waals surface area contributed by atoms with Crippen LogP contribution in [0.2, 0.25) is 0 Å². The molecule has 214 valence electrons. The van der Waals surface area contributed by atoms with Crippen molar-refractivity contribution >= 4 is 23.3 Å². The lowest BCUT2D eigenvalue weighted by atomic mass is 9.85. The smallest absolute Gasteiger partial charge is 0.321 e. The summed E-state index contributed by atoms with van der Waals surface area (Å²) in [6, 6.07) is 16.3. The number of hydrogen-bond donors (Lipinski definition) is 1. The number of halogens is 1. The molecule has 1 aromatic carbocycles. The van der Waals surface area contributed by atoms with Crippen LogP contribution < -0.4 is 9.80 Å². The number of aliphatic carboxylic acids is 1. The Labute approximate surface area is 239 Å². The van der Waals surface area contributed by atoms with E-state index in [9.17, 15) is 14.3 Å². The minimum atomic E-state index is -0.776. The average Bonchev–Trinajstić information content (AvgIpc) is 3.60. The Bertz CT molecular complexity index is 1560. The monoisotopic (exact) mass is 557 g/mol. The SMILES string of the molecule is CC(C)(C)C(C(=O)O)N1CCN(c2cccc(-c3cnc4ccc(N5CCCC5c5cccc(F)c5)nn34)n2)CC1. The summed E-state index contributed by atoms with van der Waals surface area (Å²) in [5.41, 5.74) is 2.90. The van der Waals surface area contributed by atoms with Gasteiger partial charge in [0, 0.05) is 32.7 Å². The van der Waals surface area contributed by atoms with Gasteiger partial charge >= 0.3 is 5.97 Å². The van der Waals surface area contributed by atoms with Crippen LogP contribution in [0.15, 0.2) is 60.8 Å². The Morgan fingerprint density at radius 2 is 1.78 bits per heavy atom. The molecule has 0 radical (unpaired) electrons. The van der Waals surface area contributed by atoms with E-state index in [1.54, 1.807) is 18.3 Å². The lowest BCUT2D eigenvalue weighted by Gasteiger charge is -2.42. The predicted octanol–water partition coefficient (Wildman–Crippen LogP) is 4.89. The Balaban J connectivity index is 1.24. The largest absolute Gasteiger partial charge is 0.480 e. The average molecular weight is 558 g/mol. The fourth-order valence-corrected chi connectivity index (χ4v) is 6.32. The zero-order valence-electron chi connectivity index (χ0n) is 23.7. The molecule has 2 aliphatic heterocycles. The van der Waals surface area contributed by atoms with Gasteiger partial charge in [-0.15, -0.1) is 5.10 Å². The summed E-state index contributed by atoms with van der Waals surface area (Å²) in [7, 11) is 0. The molecule has 4 aromatic rings. The van der Waals surface area contributed by atoms with Crippen molar-refractivity contribution in [2.45, 2.75) is 45.7 Å². The van der Waals surface area contributed by atoms with Crippen molar-refractivity contribution in [1.82, 2.24) is 24.5 Å². The van der Waals surface area contributed by atoms with Crippen LogP contribution in [0.1, 0.15) is 45.2 Å². The second kappa shape index (κ2) is 10.7. The van der Waals surface area contributed by atoms with E-state index in [2.05, 4.69) is 19.7 Å². The highest BCUT2D eigenvalue weighted by Gasteiger charge is 2.38. The van der Waals surface area contributed by atoms with Gasteiger partial charge in [-0.2, -0.15) is 0 Å². The van der Waals surface area contributed by atoms with Gasteiger partial charge in [-0.1, -0.05) is 39.0 Å². The van der Waals surface area contributed by atoms with E-state index < -0.39 is 12.0 Å². The number of carboxylic acid groups (broad SMARTS) is 1. The Kier molecular flexibility index (Phi) is 7.11. The standard InChI is InChI=1S/C31H36FN7O2/c1-31(2,3)29(30(40)41)37-17-15-36(16-18-37)27-11-5-9-23(34-27)25-20-33-26-12-13-28(35-39(25)26)38-14-6-10-24(38)21-7-4-8-22(32)19-21/h4-5,7-9,11-13,19-20,24,29H,6,10,14-18H2,1-3H3,(H,40,41). The molecule has 6 rings (SSSR count). The highest BCUT2D eigenvalue weighted by molar-refractivity contribution is 5.74. The third kappa shape index (κ3) is 5.36. The Hall–Kier alpha value is -4.05. The number of imidazole rings is 1. The second-order valence-electron chi connectivity index (χ2n) is 12.0. The molecule has 0 bridgehead atoms. The molecule has 0 amide bonds. The number of carboxylic acids is 1. The molecular weight excluding hydrogens is 521 g/mol. The van der Waals surface area contributed by atoms with E-state index >= 15 is 0 Å². The van der Waals surface area contributed by atoms with Crippen LogP contribution in [0, 0.1) is 11.2 Å². The maximum Gasteiger partial charge on any atom is 0.321 e. The summed E-state index contributed by atoms with van der Waals surface area (Å²) >= 11 is 0. The van der Waals surface area contributed by atoms with Crippen molar-refractivity contribution in [3.8, 4) is 11.4 Å². The first kappa shape index (κ1) is 27.1. The minimum Gasteiger partial charge on any atom is -0.480 e. The van der Waals surface area contributed by atoms with Crippen LogP contribution in [0.3, 0.4) is 0 Å². The molecule has 5 heterocycles. The number of pyridine rings is 1. The van der Waals surface area contributed by atoms with Gasteiger partial charge in [0.1, 0.15) is 29.2 Å². The zero-order chi connectivity index (χ0) is 28.7. The van der Waals surface area contributed by atoms with Crippen molar-refractivity contribution in [2.75, 3.05) is 42.5 Å². The molecule has 0 spiro atoms. The van der Waals surface area contributed by atoms with Crippen LogP contribution >= 0.6 is 0 Å². The first-order chi connectivity index (χ1) is 19.7. The number of piperazine rings is 1. The second-order valence-corrected chi connectivity index (χ2v) is 12.0. The maximum absolute atomic E-state index is 14.0. The number of benzene rings is 1. The summed E-state index contributed by atoms with van der Waals surface area (Å²) in [5, 5.41) is 14.8. The number of anilines is 2. The highest BCUT2D eigenvalue weighted by atomic mass is 19.1. The Morgan fingerprint density at radius 1 is 1.00 bits per heavy atom. The normalized spacial score (nSPS) is 19.2. The van der Waals surface area contributed by atoms with Gasteiger partial charge in [-0.05, 0) is 60.2 Å². The third-order valence-electron chi connectivity index (χ3n) is 8.18. The molecule has 2 unspecified atom stereocenters. The molecule has 2 aliphatic rings. The predicted molar refractivity (Wildman–Crippen MR) is 157 cm³/mol. The van der Waals surface area contributed by atoms with Crippen molar-refractivity contribution in [3.63, 3.8) is 0 Å². The Morgan fingerprint density at radius 3 is 2.51 bits per heavy atom. The molecule has 9 nitrogen and oxygen atoms in total. The van der Waals surface area contributed by atoms with Crippen molar-refractivity contribution in [1.29, 1.82) is 0 Å². The first-order valence-corrected chi connectivity index (χ1v) is 14.3. The molecule has 2 fully saturated rings. The summed E-state index contributed by atoms with van der Waals surface area (Å²) < 4.78 is 15.8. The van der Waals surface area contributed by atoms with E-state index in [0.29, 0.717) is 26.2 Å². The molecule has 3 aromatic heterocycles. The van der Waals surface area contributed by atoms with Crippen LogP contribution in [0.4, 0.5) is 16.0 Å². The molecule has 2 saturated heterocycles. The van der Waals surface area contributed by atoms with E-state index in [4.69, 9.17) is 10.1 Å². The molecule has 0 aliphatic carbocycles. The van der Waals surface area contributed by atoms with Gasteiger partial charge in [0.05, 0.1) is 17.9 Å². The van der Waals surface area contributed by atoms with Gasteiger partial charge in [0.2, 0.25) is 0 Å². The van der Waals surface area contributed by atoms with Gasteiger partial charge in [0.15, 0.2) is 5.65 Å². The lowest BCUT2D eigenvalue weighted by molar-refractivity contribution is -0.147. The lowest BCUT2D eigenvalue weighted by Crippen LogP contribution is -2.57. The fraction of sp³-hybridized carbons (Fsp3) is 0.419. The zero-order valence-corrected chi connectivity index (χ0v) is 23.7. The van der Waals surface area contributed by atoms with E-state index in [-0.39, 0.29) is 17.3 Å². The topological polar surface area (TPSA) is 90.1 Å². The number of rotatable bonds is 6. The minimum absolute atomic E-state index is 0.0711. The van der Waals surface area contributed by atoms with Gasteiger partial charge in [0.25, 0.3) is 0 Å². The van der Waals surface area contributed by atoms with Crippen LogP contribution in [-0.4, -0.2) is 74.3 Å². The number of carbonyl (C=O) groups is 1. The first-order valence-electron chi connectivity index (χ1n) is 14.3. The van der Waals surface area contributed by atoms with E-state index in [1.807, 2.05) is 61.7 Å². The van der Waals surface area contributed by atoms with Crippen LogP contribution in [-0.2, 0) is 4.79 Å². The quantitative estimate of drug-likeness (QED) is 0.358. The number of nitrogens with zero attached hydrogens (tertiary/aromatic N) is 7. The molecule has 2 atom stereocenters. The molecule has 1 N–H and O–H groups in total. The summed E-state index contributed by atoms with van der Waals surface area (Å²) in [6.07, 6.45) is 3.75. The van der Waals surface area contributed by atoms with E-state index in [1.165, 1.54) is 6.07 Å². The summed E-state index contributed by atoms with van der Waals surface area (Å²) in [4.78, 5) is 28.1. The molecule has 0 saturated carbocycles.